The predicted molar refractivity (Wildman–Crippen MR) is 114 cm³/mol. The molecule has 3 aromatic rings. The molecule has 3 rings (SSSR count). The number of carbonyl (C=O) groups excluding carboxylic acids is 2. The molecule has 1 N–H and O–H groups in total. The van der Waals surface area contributed by atoms with Crippen molar-refractivity contribution in [2.75, 3.05) is 11.9 Å². The summed E-state index contributed by atoms with van der Waals surface area (Å²) < 4.78 is 6.48. The highest BCUT2D eigenvalue weighted by Crippen LogP contribution is 2.27. The fourth-order valence-electron chi connectivity index (χ4n) is 2.68. The zero-order chi connectivity index (χ0) is 21.1. The van der Waals surface area contributed by atoms with Crippen molar-refractivity contribution >= 4 is 50.7 Å². The van der Waals surface area contributed by atoms with E-state index >= 15 is 0 Å². The molecule has 0 atom stereocenters. The number of anilines is 1. The minimum absolute atomic E-state index is 0.209. The molecule has 29 heavy (non-hydrogen) atoms. The van der Waals surface area contributed by atoms with Gasteiger partial charge in [-0.2, -0.15) is 0 Å². The summed E-state index contributed by atoms with van der Waals surface area (Å²) in [4.78, 5) is 42.6. The molecule has 0 fully saturated rings. The highest BCUT2D eigenvalue weighted by molar-refractivity contribution is 7.20. The number of para-hydroxylation sites is 1. The van der Waals surface area contributed by atoms with Crippen molar-refractivity contribution in [2.45, 2.75) is 27.3 Å². The van der Waals surface area contributed by atoms with Crippen LogP contribution >= 0.6 is 22.9 Å². The molecule has 0 radical (unpaired) electrons. The second kappa shape index (κ2) is 8.75. The summed E-state index contributed by atoms with van der Waals surface area (Å²) in [6.45, 7) is 5.64. The molecule has 152 valence electrons. The van der Waals surface area contributed by atoms with Crippen LogP contribution in [0.5, 0.6) is 0 Å². The van der Waals surface area contributed by atoms with Gasteiger partial charge in [0.05, 0.1) is 29.0 Å². The number of nitrogens with one attached hydrogen (secondary N) is 1. The van der Waals surface area contributed by atoms with Gasteiger partial charge >= 0.3 is 5.97 Å². The van der Waals surface area contributed by atoms with Crippen molar-refractivity contribution in [1.29, 1.82) is 0 Å². The van der Waals surface area contributed by atoms with Gasteiger partial charge in [-0.1, -0.05) is 37.6 Å². The quantitative estimate of drug-likeness (QED) is 0.596. The number of benzene rings is 1. The Labute approximate surface area is 176 Å². The van der Waals surface area contributed by atoms with E-state index in [9.17, 15) is 14.4 Å². The maximum absolute atomic E-state index is 12.9. The first-order valence-corrected chi connectivity index (χ1v) is 10.2. The Bertz CT molecular complexity index is 1140. The molecule has 0 spiro atoms. The molecule has 0 saturated carbocycles. The van der Waals surface area contributed by atoms with E-state index < -0.39 is 11.9 Å². The number of esters is 1. The Hall–Kier alpha value is -2.71. The highest BCUT2D eigenvalue weighted by Gasteiger charge is 2.21. The van der Waals surface area contributed by atoms with Crippen molar-refractivity contribution in [1.82, 2.24) is 9.55 Å². The molecular formula is C20H20ClN3O4S. The average Bonchev–Trinajstić information content (AvgIpc) is 3.01. The van der Waals surface area contributed by atoms with Crippen LogP contribution in [0.15, 0.2) is 35.4 Å². The van der Waals surface area contributed by atoms with Crippen molar-refractivity contribution in [3.8, 4) is 0 Å². The van der Waals surface area contributed by atoms with E-state index in [4.69, 9.17) is 16.3 Å². The fraction of sp³-hybridized carbons (Fsp3) is 0.300. The van der Waals surface area contributed by atoms with Gasteiger partial charge in [-0.15, -0.1) is 11.3 Å². The molecule has 2 aromatic heterocycles. The molecule has 0 saturated heterocycles. The lowest BCUT2D eigenvalue weighted by molar-refractivity contribution is -0.116. The molecule has 0 bridgehead atoms. The molecule has 1 aromatic carbocycles. The lowest BCUT2D eigenvalue weighted by Crippen LogP contribution is -2.28. The Balaban J connectivity index is 1.85. The van der Waals surface area contributed by atoms with Gasteiger partial charge in [0.1, 0.15) is 16.3 Å². The summed E-state index contributed by atoms with van der Waals surface area (Å²) in [6.07, 6.45) is 1.30. The Morgan fingerprint density at radius 2 is 2.03 bits per heavy atom. The average molecular weight is 434 g/mol. The number of halogens is 1. The van der Waals surface area contributed by atoms with Crippen LogP contribution in [0.1, 0.15) is 29.1 Å². The maximum atomic E-state index is 12.9. The number of carbonyl (C=O) groups is 2. The minimum atomic E-state index is -0.471. The number of aryl methyl sites for hydroxylation is 1. The van der Waals surface area contributed by atoms with Gasteiger partial charge in [-0.05, 0) is 30.5 Å². The molecule has 7 nitrogen and oxygen atoms in total. The number of thiophene rings is 1. The molecule has 2 heterocycles. The van der Waals surface area contributed by atoms with Crippen molar-refractivity contribution in [3.63, 3.8) is 0 Å². The summed E-state index contributed by atoms with van der Waals surface area (Å²) in [6, 6.07) is 6.83. The number of rotatable bonds is 6. The van der Waals surface area contributed by atoms with Crippen LogP contribution in [-0.2, 0) is 16.1 Å². The van der Waals surface area contributed by atoms with Gasteiger partial charge < -0.3 is 10.1 Å². The van der Waals surface area contributed by atoms with Crippen molar-refractivity contribution in [3.05, 3.63) is 56.4 Å². The van der Waals surface area contributed by atoms with Crippen LogP contribution in [0.4, 0.5) is 5.69 Å². The van der Waals surface area contributed by atoms with Gasteiger partial charge in [0.2, 0.25) is 5.91 Å². The van der Waals surface area contributed by atoms with E-state index in [0.29, 0.717) is 38.0 Å². The third-order valence-electron chi connectivity index (χ3n) is 4.11. The third-order valence-corrected chi connectivity index (χ3v) is 5.62. The van der Waals surface area contributed by atoms with Crippen molar-refractivity contribution < 1.29 is 14.3 Å². The highest BCUT2D eigenvalue weighted by atomic mass is 35.5. The zero-order valence-corrected chi connectivity index (χ0v) is 17.8. The first-order valence-electron chi connectivity index (χ1n) is 8.98. The molecule has 1 amide bonds. The first-order chi connectivity index (χ1) is 13.8. The second-order valence-corrected chi connectivity index (χ2v) is 8.34. The zero-order valence-electron chi connectivity index (χ0n) is 16.2. The number of aromatic nitrogens is 2. The lowest BCUT2D eigenvalue weighted by atomic mass is 10.2. The summed E-state index contributed by atoms with van der Waals surface area (Å²) >= 11 is 7.15. The minimum Gasteiger partial charge on any atom is -0.461 e. The molecule has 0 unspecified atom stereocenters. The number of ether oxygens (including phenoxy) is 1. The monoisotopic (exact) mass is 433 g/mol. The van der Waals surface area contributed by atoms with Gasteiger partial charge in [0.25, 0.3) is 5.56 Å². The van der Waals surface area contributed by atoms with E-state index in [0.717, 1.165) is 11.3 Å². The van der Waals surface area contributed by atoms with Gasteiger partial charge in [-0.3, -0.25) is 14.2 Å². The van der Waals surface area contributed by atoms with E-state index in [1.165, 1.54) is 10.9 Å². The maximum Gasteiger partial charge on any atom is 0.348 e. The topological polar surface area (TPSA) is 90.3 Å². The SMILES string of the molecule is Cc1c(C(=O)OCC(C)C)sc2ncn(CC(=O)Nc3ccccc3Cl)c(=O)c12. The molecule has 0 aliphatic heterocycles. The number of amides is 1. The van der Waals surface area contributed by atoms with Crippen LogP contribution in [0.3, 0.4) is 0 Å². The third kappa shape index (κ3) is 4.65. The van der Waals surface area contributed by atoms with Crippen LogP contribution in [0.2, 0.25) is 5.02 Å². The predicted octanol–water partition coefficient (Wildman–Crippen LogP) is 3.87. The molecule has 0 aliphatic carbocycles. The Morgan fingerprint density at radius 3 is 2.72 bits per heavy atom. The van der Waals surface area contributed by atoms with Crippen LogP contribution < -0.4 is 10.9 Å². The van der Waals surface area contributed by atoms with Gasteiger partial charge in [0.15, 0.2) is 0 Å². The van der Waals surface area contributed by atoms with Crippen LogP contribution in [0, 0.1) is 12.8 Å². The summed E-state index contributed by atoms with van der Waals surface area (Å²) in [5.41, 5.74) is 0.584. The van der Waals surface area contributed by atoms with E-state index in [-0.39, 0.29) is 18.0 Å². The lowest BCUT2D eigenvalue weighted by Gasteiger charge is -2.08. The second-order valence-electron chi connectivity index (χ2n) is 6.93. The number of hydrogen-bond acceptors (Lipinski definition) is 6. The number of hydrogen-bond donors (Lipinski definition) is 1. The molecule has 9 heteroatoms. The Kier molecular flexibility index (Phi) is 6.34. The first kappa shape index (κ1) is 21.0. The molecular weight excluding hydrogens is 414 g/mol. The van der Waals surface area contributed by atoms with Crippen LogP contribution in [-0.4, -0.2) is 28.0 Å². The van der Waals surface area contributed by atoms with Crippen molar-refractivity contribution in [2.24, 2.45) is 5.92 Å². The number of nitrogens with zero attached hydrogens (tertiary/aromatic N) is 2. The molecule has 0 aliphatic rings. The normalized spacial score (nSPS) is 11.1. The summed E-state index contributed by atoms with van der Waals surface area (Å²) in [5.74, 6) is -0.673. The smallest absolute Gasteiger partial charge is 0.348 e. The largest absolute Gasteiger partial charge is 0.461 e. The summed E-state index contributed by atoms with van der Waals surface area (Å²) in [7, 11) is 0. The van der Waals surface area contributed by atoms with E-state index in [1.807, 2.05) is 13.8 Å². The van der Waals surface area contributed by atoms with Gasteiger partial charge in [0, 0.05) is 0 Å². The Morgan fingerprint density at radius 1 is 1.31 bits per heavy atom. The summed E-state index contributed by atoms with van der Waals surface area (Å²) in [5, 5.41) is 3.39. The van der Waals surface area contributed by atoms with Crippen LogP contribution in [0.25, 0.3) is 10.2 Å². The van der Waals surface area contributed by atoms with E-state index in [2.05, 4.69) is 10.3 Å². The number of fused-ring (bicyclic) bond motifs is 1. The fourth-order valence-corrected chi connectivity index (χ4v) is 3.90. The standard InChI is InChI=1S/C20H20ClN3O4S/c1-11(2)9-28-20(27)17-12(3)16-18(29-17)22-10-24(19(16)26)8-15(25)23-14-7-5-4-6-13(14)21/h4-7,10-11H,8-9H2,1-3H3,(H,23,25). The van der Waals surface area contributed by atoms with Gasteiger partial charge in [-0.25, -0.2) is 9.78 Å². The van der Waals surface area contributed by atoms with E-state index in [1.54, 1.807) is 31.2 Å².